The Morgan fingerprint density at radius 2 is 0.844 bits per heavy atom. The van der Waals surface area contributed by atoms with Gasteiger partial charge in [-0.2, -0.15) is 0 Å². The summed E-state index contributed by atoms with van der Waals surface area (Å²) in [6.45, 7) is 4.62. The van der Waals surface area contributed by atoms with E-state index in [4.69, 9.17) is 0 Å². The fourth-order valence-corrected chi connectivity index (χ4v) is 13.6. The predicted molar refractivity (Wildman–Crippen MR) is 153 cm³/mol. The molecule has 0 aliphatic rings. The first kappa shape index (κ1) is 27.6. The Morgan fingerprint density at radius 3 is 1.22 bits per heavy atom. The molecule has 0 radical (unpaired) electrons. The number of hydrogen-bond acceptors (Lipinski definition) is 0. The summed E-state index contributed by atoms with van der Waals surface area (Å²) < 4.78 is 0. The van der Waals surface area contributed by atoms with Gasteiger partial charge in [-0.15, -0.1) is 0 Å². The molecule has 0 atom stereocenters. The molecule has 0 spiro atoms. The molecule has 0 nitrogen and oxygen atoms in total. The number of unbranched alkanes of at least 4 members (excludes halogenated alkanes) is 10. The van der Waals surface area contributed by atoms with Gasteiger partial charge in [0.15, 0.2) is 0 Å². The zero-order valence-corrected chi connectivity index (χ0v) is 23.4. The molecule has 0 aliphatic heterocycles. The Labute approximate surface area is 207 Å². The van der Waals surface area contributed by atoms with Crippen LogP contribution < -0.4 is 0 Å². The van der Waals surface area contributed by atoms with E-state index >= 15 is 0 Å². The van der Waals surface area contributed by atoms with Gasteiger partial charge in [-0.05, 0) is 0 Å². The molecule has 0 saturated heterocycles. The molecule has 2 heteroatoms. The van der Waals surface area contributed by atoms with Crippen LogP contribution in [-0.2, 0) is 12.3 Å². The summed E-state index contributed by atoms with van der Waals surface area (Å²) in [6, 6.07) is 22.6. The van der Waals surface area contributed by atoms with Crippen molar-refractivity contribution in [3.63, 3.8) is 0 Å². The third-order valence-corrected chi connectivity index (χ3v) is 15.8. The first-order valence-corrected chi connectivity index (χ1v) is 18.4. The molecule has 2 rings (SSSR count). The Bertz CT molecular complexity index is 651. The number of benzene rings is 2. The summed E-state index contributed by atoms with van der Waals surface area (Å²) >= 11 is 4.66. The van der Waals surface area contributed by atoms with Crippen LogP contribution in [0.25, 0.3) is 0 Å². The second-order valence-corrected chi connectivity index (χ2v) is 21.3. The van der Waals surface area contributed by atoms with Crippen LogP contribution in [0.4, 0.5) is 0 Å². The van der Waals surface area contributed by atoms with E-state index in [0.29, 0.717) is 0 Å². The molecule has 2 aromatic rings. The third kappa shape index (κ3) is 10.5. The van der Waals surface area contributed by atoms with E-state index in [1.165, 1.54) is 113 Å². The van der Waals surface area contributed by atoms with Crippen molar-refractivity contribution in [1.82, 2.24) is 0 Å². The molecule has 0 bridgehead atoms. The van der Waals surface area contributed by atoms with Gasteiger partial charge in [-0.1, -0.05) is 0 Å². The first-order chi connectivity index (χ1) is 15.6. The van der Waals surface area contributed by atoms with Crippen LogP contribution in [0.5, 0.6) is 0 Å². The second kappa shape index (κ2) is 15.3. The van der Waals surface area contributed by atoms with Crippen molar-refractivity contribution in [2.45, 2.75) is 103 Å². The van der Waals surface area contributed by atoms with Gasteiger partial charge in [-0.3, -0.25) is 0 Å². The van der Waals surface area contributed by atoms with Gasteiger partial charge in [0, 0.05) is 0 Å². The fourth-order valence-electron chi connectivity index (χ4n) is 5.14. The Morgan fingerprint density at radius 1 is 0.500 bits per heavy atom. The normalized spacial score (nSPS) is 13.0. The fraction of sp³-hybridized carbons (Fsp3) is 0.600. The van der Waals surface area contributed by atoms with E-state index < -0.39 is 5.31 Å². The molecule has 2 aromatic carbocycles. The summed E-state index contributed by atoms with van der Waals surface area (Å²) in [4.78, 5) is 0. The molecule has 180 valence electrons. The van der Waals surface area contributed by atoms with Gasteiger partial charge in [0.05, 0.1) is 0 Å². The molecule has 32 heavy (non-hydrogen) atoms. The number of halogens is 1. The summed E-state index contributed by atoms with van der Waals surface area (Å²) in [5.41, 5.74) is 3.05. The van der Waals surface area contributed by atoms with Crippen LogP contribution in [0, 0.1) is 0 Å². The van der Waals surface area contributed by atoms with Crippen LogP contribution >= 0.6 is 20.8 Å². The average molecular weight is 520 g/mol. The molecule has 0 N–H and O–H groups in total. The van der Waals surface area contributed by atoms with Crippen LogP contribution in [-0.4, -0.2) is 12.3 Å². The van der Waals surface area contributed by atoms with Crippen LogP contribution in [0.2, 0.25) is 0 Å². The van der Waals surface area contributed by atoms with Crippen LogP contribution in [0.15, 0.2) is 60.7 Å². The Balaban J connectivity index is 2.18. The third-order valence-electron chi connectivity index (χ3n) is 6.98. The van der Waals surface area contributed by atoms with Crippen molar-refractivity contribution in [3.8, 4) is 0 Å². The van der Waals surface area contributed by atoms with Crippen molar-refractivity contribution in [2.75, 3.05) is 12.3 Å². The van der Waals surface area contributed by atoms with Gasteiger partial charge in [0.1, 0.15) is 0 Å². The molecule has 0 heterocycles. The summed E-state index contributed by atoms with van der Waals surface area (Å²) in [7, 11) is 0. The maximum atomic E-state index is 4.66. The zero-order valence-electron chi connectivity index (χ0n) is 20.9. The van der Waals surface area contributed by atoms with Gasteiger partial charge in [0.2, 0.25) is 0 Å². The minimum absolute atomic E-state index is 1.24. The van der Waals surface area contributed by atoms with Gasteiger partial charge in [-0.25, -0.2) is 0 Å². The summed E-state index contributed by atoms with van der Waals surface area (Å²) in [6.07, 6.45) is 21.9. The van der Waals surface area contributed by atoms with Crippen molar-refractivity contribution in [2.24, 2.45) is 0 Å². The van der Waals surface area contributed by atoms with E-state index in [0.717, 1.165) is 0 Å². The Hall–Kier alpha value is -0.650. The quantitative estimate of drug-likeness (QED) is 0.136. The van der Waals surface area contributed by atoms with E-state index in [2.05, 4.69) is 90.0 Å². The molecule has 0 saturated carbocycles. The second-order valence-electron chi connectivity index (χ2n) is 10.1. The van der Waals surface area contributed by atoms with E-state index in [9.17, 15) is 0 Å². The Kier molecular flexibility index (Phi) is 13.2. The van der Waals surface area contributed by atoms with Gasteiger partial charge < -0.3 is 0 Å². The average Bonchev–Trinajstić information content (AvgIpc) is 2.80. The molecular weight excluding hydrogens is 471 g/mol. The van der Waals surface area contributed by atoms with E-state index in [-0.39, 0.29) is 0 Å². The summed E-state index contributed by atoms with van der Waals surface area (Å²) in [5.74, 6) is 0. The molecule has 0 aromatic heterocycles. The van der Waals surface area contributed by atoms with E-state index in [1.54, 1.807) is 0 Å². The topological polar surface area (TPSA) is 0 Å². The minimum atomic E-state index is -2.10. The van der Waals surface area contributed by atoms with E-state index in [1.807, 2.05) is 0 Å². The van der Waals surface area contributed by atoms with Crippen LogP contribution in [0.1, 0.15) is 102 Å². The van der Waals surface area contributed by atoms with Crippen molar-refractivity contribution in [1.29, 1.82) is 0 Å². The SMILES string of the molecule is CCCCCCCCP(Br)(CCCCCCCC)(Cc1ccccc1)Cc1ccccc1. The van der Waals surface area contributed by atoms with Gasteiger partial charge >= 0.3 is 208 Å². The molecule has 0 unspecified atom stereocenters. The van der Waals surface area contributed by atoms with Crippen LogP contribution in [0.3, 0.4) is 0 Å². The maximum absolute atomic E-state index is 4.66. The number of rotatable bonds is 18. The van der Waals surface area contributed by atoms with Crippen molar-refractivity contribution < 1.29 is 0 Å². The standard InChI is InChI=1S/C30H48BrP/c1-3-5-7-9-11-19-25-32(31,26-20-12-10-8-6-4-2,27-29-21-15-13-16-22-29)28-30-23-17-14-18-24-30/h13-18,21-24H,3-12,19-20,25-28H2,1-2H3. The van der Waals surface area contributed by atoms with Crippen molar-refractivity contribution >= 4 is 20.8 Å². The monoisotopic (exact) mass is 518 g/mol. The summed E-state index contributed by atoms with van der Waals surface area (Å²) in [5, 5.41) is -2.10. The predicted octanol–water partition coefficient (Wildman–Crippen LogP) is 11.0. The molecular formula is C30H48BrP. The van der Waals surface area contributed by atoms with Crippen molar-refractivity contribution in [3.05, 3.63) is 71.8 Å². The first-order valence-electron chi connectivity index (χ1n) is 13.4. The molecule has 0 aliphatic carbocycles. The zero-order chi connectivity index (χ0) is 23.0. The molecule has 0 fully saturated rings. The van der Waals surface area contributed by atoms with Gasteiger partial charge in [0.25, 0.3) is 0 Å². The molecule has 0 amide bonds. The number of hydrogen-bond donors (Lipinski definition) is 0.